The van der Waals surface area contributed by atoms with Gasteiger partial charge in [-0.05, 0) is 47.5 Å². The van der Waals surface area contributed by atoms with Crippen LogP contribution in [0.3, 0.4) is 0 Å². The van der Waals surface area contributed by atoms with Crippen molar-refractivity contribution in [3.05, 3.63) is 100 Å². The number of carbonyl (C=O) groups excluding carboxylic acids is 1. The highest BCUT2D eigenvalue weighted by molar-refractivity contribution is 9.10. The minimum Gasteiger partial charge on any atom is -0.351 e. The van der Waals surface area contributed by atoms with Gasteiger partial charge in [0.25, 0.3) is 5.91 Å². The first-order valence-corrected chi connectivity index (χ1v) is 12.0. The summed E-state index contributed by atoms with van der Waals surface area (Å²) in [5.74, 6) is -0.284. The van der Waals surface area contributed by atoms with E-state index < -0.39 is 9.84 Å². The van der Waals surface area contributed by atoms with Gasteiger partial charge in [-0.1, -0.05) is 72.2 Å². The standard InChI is InChI=1S/C24H24BrNO3S/c1-24(2,20-12-14-21(25)15-13-20)17-26-23(27)19-10-8-18(9-11-19)16-30(28,29)22-6-4-3-5-7-22/h3-15H,16-17H2,1-2H3,(H,26,27). The second kappa shape index (κ2) is 9.14. The summed E-state index contributed by atoms with van der Waals surface area (Å²) in [6.07, 6.45) is 0. The fourth-order valence-electron chi connectivity index (χ4n) is 3.09. The van der Waals surface area contributed by atoms with Crippen LogP contribution in [0.2, 0.25) is 0 Å². The van der Waals surface area contributed by atoms with Gasteiger partial charge in [-0.2, -0.15) is 0 Å². The molecule has 0 aliphatic heterocycles. The summed E-state index contributed by atoms with van der Waals surface area (Å²) in [4.78, 5) is 12.9. The number of carbonyl (C=O) groups is 1. The number of hydrogen-bond donors (Lipinski definition) is 1. The van der Waals surface area contributed by atoms with Gasteiger partial charge in [0.2, 0.25) is 0 Å². The fourth-order valence-corrected chi connectivity index (χ4v) is 4.72. The minimum atomic E-state index is -3.41. The monoisotopic (exact) mass is 485 g/mol. The van der Waals surface area contributed by atoms with E-state index in [0.29, 0.717) is 22.6 Å². The smallest absolute Gasteiger partial charge is 0.251 e. The third-order valence-electron chi connectivity index (χ3n) is 4.99. The van der Waals surface area contributed by atoms with E-state index >= 15 is 0 Å². The lowest BCUT2D eigenvalue weighted by molar-refractivity contribution is 0.0945. The van der Waals surface area contributed by atoms with Gasteiger partial charge in [-0.15, -0.1) is 0 Å². The van der Waals surface area contributed by atoms with Gasteiger partial charge in [-0.25, -0.2) is 8.42 Å². The molecule has 3 aromatic carbocycles. The van der Waals surface area contributed by atoms with Crippen LogP contribution in [-0.4, -0.2) is 20.9 Å². The highest BCUT2D eigenvalue weighted by atomic mass is 79.9. The Morgan fingerprint density at radius 1 is 0.900 bits per heavy atom. The van der Waals surface area contributed by atoms with Crippen LogP contribution in [0.15, 0.2) is 88.2 Å². The number of nitrogens with one attached hydrogen (secondary N) is 1. The Labute approximate surface area is 186 Å². The van der Waals surface area contributed by atoms with Gasteiger partial charge in [0.15, 0.2) is 9.84 Å². The van der Waals surface area contributed by atoms with Gasteiger partial charge in [0.05, 0.1) is 10.6 Å². The summed E-state index contributed by atoms with van der Waals surface area (Å²) in [5, 5.41) is 2.98. The Morgan fingerprint density at radius 3 is 2.10 bits per heavy atom. The van der Waals surface area contributed by atoms with Gasteiger partial charge in [0.1, 0.15) is 0 Å². The van der Waals surface area contributed by atoms with Gasteiger partial charge in [0, 0.05) is 22.0 Å². The van der Waals surface area contributed by atoms with Crippen molar-refractivity contribution in [2.24, 2.45) is 0 Å². The molecule has 4 nitrogen and oxygen atoms in total. The zero-order valence-electron chi connectivity index (χ0n) is 16.9. The van der Waals surface area contributed by atoms with Crippen LogP contribution in [0.25, 0.3) is 0 Å². The molecular formula is C24H24BrNO3S. The van der Waals surface area contributed by atoms with E-state index in [0.717, 1.165) is 10.0 Å². The Morgan fingerprint density at radius 2 is 1.50 bits per heavy atom. The number of benzene rings is 3. The van der Waals surface area contributed by atoms with Gasteiger partial charge >= 0.3 is 0 Å². The highest BCUT2D eigenvalue weighted by Crippen LogP contribution is 2.24. The molecule has 0 bridgehead atoms. The quantitative estimate of drug-likeness (QED) is 0.504. The molecule has 0 unspecified atom stereocenters. The number of sulfone groups is 1. The molecule has 0 aromatic heterocycles. The average Bonchev–Trinajstić information content (AvgIpc) is 2.73. The zero-order valence-corrected chi connectivity index (χ0v) is 19.3. The number of rotatable bonds is 7. The maximum absolute atomic E-state index is 12.6. The third-order valence-corrected chi connectivity index (χ3v) is 7.22. The molecule has 1 amide bonds. The summed E-state index contributed by atoms with van der Waals surface area (Å²) >= 11 is 3.43. The second-order valence-corrected chi connectivity index (χ2v) is 10.7. The molecule has 30 heavy (non-hydrogen) atoms. The zero-order chi connectivity index (χ0) is 21.8. The summed E-state index contributed by atoms with van der Waals surface area (Å²) in [5.41, 5.74) is 2.06. The van der Waals surface area contributed by atoms with Crippen LogP contribution in [0.4, 0.5) is 0 Å². The average molecular weight is 486 g/mol. The predicted molar refractivity (Wildman–Crippen MR) is 123 cm³/mol. The molecule has 0 saturated carbocycles. The van der Waals surface area contributed by atoms with Crippen LogP contribution < -0.4 is 5.32 Å². The summed E-state index contributed by atoms with van der Waals surface area (Å²) in [6, 6.07) is 23.1. The van der Waals surface area contributed by atoms with Crippen molar-refractivity contribution >= 4 is 31.7 Å². The first kappa shape index (κ1) is 22.2. The predicted octanol–water partition coefficient (Wildman–Crippen LogP) is 5.13. The summed E-state index contributed by atoms with van der Waals surface area (Å²) < 4.78 is 26.0. The normalized spacial score (nSPS) is 11.8. The lowest BCUT2D eigenvalue weighted by atomic mass is 9.84. The van der Waals surface area contributed by atoms with Gasteiger partial charge in [-0.3, -0.25) is 4.79 Å². The summed E-state index contributed by atoms with van der Waals surface area (Å²) in [7, 11) is -3.41. The molecular weight excluding hydrogens is 462 g/mol. The molecule has 0 aliphatic carbocycles. The van der Waals surface area contributed by atoms with Crippen molar-refractivity contribution in [1.29, 1.82) is 0 Å². The van der Waals surface area contributed by atoms with E-state index in [-0.39, 0.29) is 17.1 Å². The van der Waals surface area contributed by atoms with Crippen molar-refractivity contribution in [1.82, 2.24) is 5.32 Å². The first-order valence-electron chi connectivity index (χ1n) is 9.58. The molecule has 0 aliphatic rings. The molecule has 6 heteroatoms. The molecule has 3 rings (SSSR count). The van der Waals surface area contributed by atoms with E-state index in [9.17, 15) is 13.2 Å². The topological polar surface area (TPSA) is 63.2 Å². The number of hydrogen-bond acceptors (Lipinski definition) is 3. The van der Waals surface area contributed by atoms with E-state index in [1.807, 2.05) is 24.3 Å². The molecule has 0 spiro atoms. The van der Waals surface area contributed by atoms with Crippen molar-refractivity contribution in [3.63, 3.8) is 0 Å². The van der Waals surface area contributed by atoms with Gasteiger partial charge < -0.3 is 5.32 Å². The second-order valence-electron chi connectivity index (χ2n) is 7.84. The molecule has 0 fully saturated rings. The Balaban J connectivity index is 1.63. The largest absolute Gasteiger partial charge is 0.351 e. The first-order chi connectivity index (χ1) is 14.2. The van der Waals surface area contributed by atoms with E-state index in [4.69, 9.17) is 0 Å². The Bertz CT molecular complexity index is 1110. The Hall–Kier alpha value is -2.44. The lowest BCUT2D eigenvalue weighted by Gasteiger charge is -2.25. The van der Waals surface area contributed by atoms with Crippen molar-refractivity contribution < 1.29 is 13.2 Å². The third kappa shape index (κ3) is 5.58. The van der Waals surface area contributed by atoms with Crippen molar-refractivity contribution in [2.45, 2.75) is 29.9 Å². The molecule has 1 N–H and O–H groups in total. The fraction of sp³-hybridized carbons (Fsp3) is 0.208. The molecule has 0 heterocycles. The maximum Gasteiger partial charge on any atom is 0.251 e. The lowest BCUT2D eigenvalue weighted by Crippen LogP contribution is -2.36. The molecule has 0 atom stereocenters. The van der Waals surface area contributed by atoms with Crippen LogP contribution in [0.5, 0.6) is 0 Å². The molecule has 156 valence electrons. The SMILES string of the molecule is CC(C)(CNC(=O)c1ccc(CS(=O)(=O)c2ccccc2)cc1)c1ccc(Br)cc1. The molecule has 3 aromatic rings. The van der Waals surface area contributed by atoms with Crippen LogP contribution in [-0.2, 0) is 21.0 Å². The van der Waals surface area contributed by atoms with E-state index in [1.54, 1.807) is 54.6 Å². The minimum absolute atomic E-state index is 0.102. The summed E-state index contributed by atoms with van der Waals surface area (Å²) in [6.45, 7) is 4.64. The van der Waals surface area contributed by atoms with E-state index in [2.05, 4.69) is 35.1 Å². The molecule has 0 radical (unpaired) electrons. The highest BCUT2D eigenvalue weighted by Gasteiger charge is 2.22. The van der Waals surface area contributed by atoms with Crippen molar-refractivity contribution in [3.8, 4) is 0 Å². The Kier molecular flexibility index (Phi) is 6.78. The van der Waals surface area contributed by atoms with Crippen LogP contribution in [0.1, 0.15) is 35.3 Å². The number of amides is 1. The molecule has 0 saturated heterocycles. The van der Waals surface area contributed by atoms with E-state index in [1.165, 1.54) is 0 Å². The number of halogens is 1. The van der Waals surface area contributed by atoms with Crippen LogP contribution >= 0.6 is 15.9 Å². The van der Waals surface area contributed by atoms with Crippen molar-refractivity contribution in [2.75, 3.05) is 6.54 Å². The van der Waals surface area contributed by atoms with Crippen LogP contribution in [0, 0.1) is 0 Å². The maximum atomic E-state index is 12.6.